The van der Waals surface area contributed by atoms with Crippen LogP contribution in [0, 0.1) is 0 Å². The molecule has 0 N–H and O–H groups in total. The fourth-order valence-electron chi connectivity index (χ4n) is 1.66. The molecule has 0 aliphatic rings. The first-order chi connectivity index (χ1) is 8.72. The monoisotopic (exact) mass is 264 g/mol. The fraction of sp³-hybridized carbons (Fsp3) is 0.231. The molecule has 1 aromatic heterocycles. The molecule has 2 rings (SSSR count). The third-order valence-corrected chi connectivity index (χ3v) is 2.73. The quantitative estimate of drug-likeness (QED) is 0.797. The summed E-state index contributed by atoms with van der Waals surface area (Å²) in [5, 5.41) is 0.256. The zero-order valence-electron chi connectivity index (χ0n) is 10.2. The van der Waals surface area contributed by atoms with Crippen LogP contribution in [0.4, 0.5) is 0 Å². The van der Waals surface area contributed by atoms with Crippen molar-refractivity contribution in [2.75, 3.05) is 14.2 Å². The molecule has 1 aromatic carbocycles. The van der Waals surface area contributed by atoms with Gasteiger partial charge >= 0.3 is 0 Å². The van der Waals surface area contributed by atoms with Crippen molar-refractivity contribution in [2.45, 2.75) is 6.42 Å². The maximum absolute atomic E-state index is 5.64. The average Bonchev–Trinajstić information content (AvgIpc) is 2.41. The SMILES string of the molecule is COc1ccc(Cc2cnc(Cl)nc2)cc1OC. The van der Waals surface area contributed by atoms with Gasteiger partial charge in [-0.1, -0.05) is 6.07 Å². The second kappa shape index (κ2) is 5.69. The van der Waals surface area contributed by atoms with Crippen molar-refractivity contribution >= 4 is 11.6 Å². The first-order valence-corrected chi connectivity index (χ1v) is 5.78. The molecule has 5 heteroatoms. The first-order valence-electron chi connectivity index (χ1n) is 5.40. The molecule has 0 saturated carbocycles. The van der Waals surface area contributed by atoms with Crippen molar-refractivity contribution in [3.05, 3.63) is 47.0 Å². The minimum atomic E-state index is 0.256. The second-order valence-electron chi connectivity index (χ2n) is 3.73. The van der Waals surface area contributed by atoms with Crippen LogP contribution in [0.15, 0.2) is 30.6 Å². The Bertz CT molecular complexity index is 529. The highest BCUT2D eigenvalue weighted by Crippen LogP contribution is 2.28. The van der Waals surface area contributed by atoms with Gasteiger partial charge in [0.2, 0.25) is 5.28 Å². The lowest BCUT2D eigenvalue weighted by Crippen LogP contribution is -1.95. The summed E-state index contributed by atoms with van der Waals surface area (Å²) in [4.78, 5) is 7.90. The van der Waals surface area contributed by atoms with Gasteiger partial charge in [0.1, 0.15) is 0 Å². The third kappa shape index (κ3) is 2.90. The predicted octanol–water partition coefficient (Wildman–Crippen LogP) is 2.74. The summed E-state index contributed by atoms with van der Waals surface area (Å²) in [6.07, 6.45) is 4.15. The fourth-order valence-corrected chi connectivity index (χ4v) is 1.75. The molecule has 0 spiro atoms. The molecule has 0 radical (unpaired) electrons. The van der Waals surface area contributed by atoms with E-state index < -0.39 is 0 Å². The summed E-state index contributed by atoms with van der Waals surface area (Å²) >= 11 is 5.64. The highest BCUT2D eigenvalue weighted by atomic mass is 35.5. The number of benzene rings is 1. The Morgan fingerprint density at radius 3 is 2.28 bits per heavy atom. The highest BCUT2D eigenvalue weighted by molar-refractivity contribution is 6.28. The first kappa shape index (κ1) is 12.6. The Morgan fingerprint density at radius 2 is 1.67 bits per heavy atom. The van der Waals surface area contributed by atoms with Crippen LogP contribution in [0.3, 0.4) is 0 Å². The number of halogens is 1. The maximum Gasteiger partial charge on any atom is 0.222 e. The van der Waals surface area contributed by atoms with Gasteiger partial charge in [0.15, 0.2) is 11.5 Å². The van der Waals surface area contributed by atoms with E-state index in [1.54, 1.807) is 26.6 Å². The molecule has 0 aliphatic carbocycles. The Balaban J connectivity index is 2.21. The summed E-state index contributed by atoms with van der Waals surface area (Å²) in [5.74, 6) is 1.43. The lowest BCUT2D eigenvalue weighted by molar-refractivity contribution is 0.354. The Morgan fingerprint density at radius 1 is 1.00 bits per heavy atom. The zero-order valence-corrected chi connectivity index (χ0v) is 10.9. The van der Waals surface area contributed by atoms with Gasteiger partial charge in [-0.05, 0) is 34.9 Å². The smallest absolute Gasteiger partial charge is 0.222 e. The van der Waals surface area contributed by atoms with E-state index in [-0.39, 0.29) is 5.28 Å². The van der Waals surface area contributed by atoms with E-state index >= 15 is 0 Å². The number of rotatable bonds is 4. The summed E-state index contributed by atoms with van der Waals surface area (Å²) < 4.78 is 10.4. The van der Waals surface area contributed by atoms with Crippen LogP contribution >= 0.6 is 11.6 Å². The number of ether oxygens (including phenoxy) is 2. The molecule has 0 atom stereocenters. The van der Waals surface area contributed by atoms with Gasteiger partial charge in [-0.25, -0.2) is 9.97 Å². The average molecular weight is 265 g/mol. The Labute approximate surface area is 111 Å². The Kier molecular flexibility index (Phi) is 3.99. The summed E-state index contributed by atoms with van der Waals surface area (Å²) in [7, 11) is 3.23. The van der Waals surface area contributed by atoms with Crippen molar-refractivity contribution in [2.24, 2.45) is 0 Å². The van der Waals surface area contributed by atoms with E-state index in [1.165, 1.54) is 0 Å². The molecule has 0 amide bonds. The number of aromatic nitrogens is 2. The van der Waals surface area contributed by atoms with Crippen molar-refractivity contribution in [1.82, 2.24) is 9.97 Å². The molecule has 1 heterocycles. The summed E-state index contributed by atoms with van der Waals surface area (Å²) in [5.41, 5.74) is 2.09. The number of hydrogen-bond acceptors (Lipinski definition) is 4. The van der Waals surface area contributed by atoms with Crippen molar-refractivity contribution in [3.63, 3.8) is 0 Å². The normalized spacial score (nSPS) is 10.2. The van der Waals surface area contributed by atoms with E-state index in [0.717, 1.165) is 17.5 Å². The van der Waals surface area contributed by atoms with Crippen molar-refractivity contribution in [3.8, 4) is 11.5 Å². The van der Waals surface area contributed by atoms with Crippen LogP contribution in [0.25, 0.3) is 0 Å². The molecule has 4 nitrogen and oxygen atoms in total. The van der Waals surface area contributed by atoms with Crippen molar-refractivity contribution < 1.29 is 9.47 Å². The zero-order chi connectivity index (χ0) is 13.0. The Hall–Kier alpha value is -1.81. The second-order valence-corrected chi connectivity index (χ2v) is 4.06. The summed E-state index contributed by atoms with van der Waals surface area (Å²) in [6, 6.07) is 5.80. The lowest BCUT2D eigenvalue weighted by atomic mass is 10.1. The van der Waals surface area contributed by atoms with Crippen LogP contribution in [-0.4, -0.2) is 24.2 Å². The summed E-state index contributed by atoms with van der Waals surface area (Å²) in [6.45, 7) is 0. The van der Waals surface area contributed by atoms with Gasteiger partial charge in [0.05, 0.1) is 14.2 Å². The molecule has 0 bridgehead atoms. The molecule has 0 saturated heterocycles. The predicted molar refractivity (Wildman–Crippen MR) is 69.4 cm³/mol. The van der Waals surface area contributed by atoms with Crippen LogP contribution in [0.5, 0.6) is 11.5 Å². The topological polar surface area (TPSA) is 44.2 Å². The molecular formula is C13H13ClN2O2. The lowest BCUT2D eigenvalue weighted by Gasteiger charge is -2.09. The molecule has 0 aliphatic heterocycles. The van der Waals surface area contributed by atoms with Crippen LogP contribution in [0.2, 0.25) is 5.28 Å². The van der Waals surface area contributed by atoms with E-state index in [2.05, 4.69) is 9.97 Å². The number of methoxy groups -OCH3 is 2. The van der Waals surface area contributed by atoms with E-state index in [1.807, 2.05) is 18.2 Å². The van der Waals surface area contributed by atoms with Gasteiger partial charge in [-0.15, -0.1) is 0 Å². The molecular weight excluding hydrogens is 252 g/mol. The van der Waals surface area contributed by atoms with E-state index in [9.17, 15) is 0 Å². The van der Waals surface area contributed by atoms with Gasteiger partial charge in [-0.3, -0.25) is 0 Å². The standard InChI is InChI=1S/C13H13ClN2O2/c1-17-11-4-3-9(6-12(11)18-2)5-10-7-15-13(14)16-8-10/h3-4,6-8H,5H2,1-2H3. The van der Waals surface area contributed by atoms with Gasteiger partial charge in [0.25, 0.3) is 0 Å². The van der Waals surface area contributed by atoms with E-state index in [4.69, 9.17) is 21.1 Å². The highest BCUT2D eigenvalue weighted by Gasteiger charge is 2.05. The molecule has 0 fully saturated rings. The van der Waals surface area contributed by atoms with Gasteiger partial charge in [0, 0.05) is 18.8 Å². The largest absolute Gasteiger partial charge is 0.493 e. The number of hydrogen-bond donors (Lipinski definition) is 0. The minimum Gasteiger partial charge on any atom is -0.493 e. The van der Waals surface area contributed by atoms with Gasteiger partial charge < -0.3 is 9.47 Å². The third-order valence-electron chi connectivity index (χ3n) is 2.53. The van der Waals surface area contributed by atoms with E-state index in [0.29, 0.717) is 11.5 Å². The van der Waals surface area contributed by atoms with Gasteiger partial charge in [-0.2, -0.15) is 0 Å². The van der Waals surface area contributed by atoms with Crippen LogP contribution < -0.4 is 9.47 Å². The van der Waals surface area contributed by atoms with Crippen LogP contribution in [0.1, 0.15) is 11.1 Å². The molecule has 2 aromatic rings. The number of nitrogens with zero attached hydrogens (tertiary/aromatic N) is 2. The minimum absolute atomic E-state index is 0.256. The molecule has 94 valence electrons. The molecule has 0 unspecified atom stereocenters. The van der Waals surface area contributed by atoms with Crippen molar-refractivity contribution in [1.29, 1.82) is 0 Å². The maximum atomic E-state index is 5.64. The molecule has 18 heavy (non-hydrogen) atoms. The van der Waals surface area contributed by atoms with Crippen LogP contribution in [-0.2, 0) is 6.42 Å².